The number of nitrogens with zero attached hydrogens (tertiary/aromatic N) is 1. The van der Waals surface area contributed by atoms with Crippen LogP contribution in [0, 0.1) is 5.82 Å². The molecule has 3 aromatic rings. The van der Waals surface area contributed by atoms with Crippen LogP contribution in [0.4, 0.5) is 4.39 Å². The maximum Gasteiger partial charge on any atom is 0.153 e. The number of halogens is 1. The number of nitrogens with one attached hydrogen (secondary N) is 1. The Morgan fingerprint density at radius 2 is 1.81 bits per heavy atom. The number of hydrogen-bond acceptors (Lipinski definition) is 3. The number of hydrogen-bond donors (Lipinski definition) is 1. The Labute approximate surface area is 121 Å². The average Bonchev–Trinajstić information content (AvgIpc) is 2.91. The van der Waals surface area contributed by atoms with Gasteiger partial charge in [0.25, 0.3) is 0 Å². The second kappa shape index (κ2) is 5.44. The van der Waals surface area contributed by atoms with Crippen molar-refractivity contribution in [2.24, 2.45) is 0 Å². The number of methoxy groups -OCH3 is 1. The summed E-state index contributed by atoms with van der Waals surface area (Å²) in [5.41, 5.74) is 1.38. The van der Waals surface area contributed by atoms with E-state index in [-0.39, 0.29) is 11.9 Å². The van der Waals surface area contributed by atoms with Crippen LogP contribution in [0.25, 0.3) is 11.0 Å². The fourth-order valence-corrected chi connectivity index (χ4v) is 2.11. The first kappa shape index (κ1) is 13.4. The fraction of sp³-hybridized carbons (Fsp3) is 0.188. The van der Waals surface area contributed by atoms with Crippen molar-refractivity contribution in [2.75, 3.05) is 7.11 Å². The molecule has 3 rings (SSSR count). The van der Waals surface area contributed by atoms with Gasteiger partial charge in [-0.15, -0.1) is 0 Å². The first-order chi connectivity index (χ1) is 10.2. The van der Waals surface area contributed by atoms with Gasteiger partial charge in [0.1, 0.15) is 23.1 Å². The highest BCUT2D eigenvalue weighted by Crippen LogP contribution is 2.24. The minimum Gasteiger partial charge on any atom is -0.497 e. The van der Waals surface area contributed by atoms with E-state index in [0.717, 1.165) is 17.0 Å². The molecule has 0 unspecified atom stereocenters. The Hall–Kier alpha value is -2.56. The Bertz CT molecular complexity index is 753. The van der Waals surface area contributed by atoms with Crippen LogP contribution in [-0.4, -0.2) is 17.1 Å². The number of H-pyrrole nitrogens is 1. The summed E-state index contributed by atoms with van der Waals surface area (Å²) in [7, 11) is 1.62. The molecule has 1 aromatic heterocycles. The molecule has 4 nitrogen and oxygen atoms in total. The second-order valence-corrected chi connectivity index (χ2v) is 4.72. The molecule has 21 heavy (non-hydrogen) atoms. The Balaban J connectivity index is 1.80. The molecule has 0 saturated carbocycles. The van der Waals surface area contributed by atoms with Crippen molar-refractivity contribution in [3.63, 3.8) is 0 Å². The molecule has 108 valence electrons. The van der Waals surface area contributed by atoms with Gasteiger partial charge in [-0.1, -0.05) is 0 Å². The minimum absolute atomic E-state index is 0.270. The van der Waals surface area contributed by atoms with Crippen molar-refractivity contribution in [3.8, 4) is 11.5 Å². The number of rotatable bonds is 4. The van der Waals surface area contributed by atoms with E-state index in [1.807, 2.05) is 31.2 Å². The highest BCUT2D eigenvalue weighted by atomic mass is 19.1. The molecule has 0 fully saturated rings. The van der Waals surface area contributed by atoms with Crippen molar-refractivity contribution < 1.29 is 13.9 Å². The molecule has 0 aliphatic heterocycles. The summed E-state index contributed by atoms with van der Waals surface area (Å²) in [6.45, 7) is 1.89. The first-order valence-corrected chi connectivity index (χ1v) is 6.61. The van der Waals surface area contributed by atoms with Gasteiger partial charge >= 0.3 is 0 Å². The summed E-state index contributed by atoms with van der Waals surface area (Å²) in [6, 6.07) is 11.8. The average molecular weight is 286 g/mol. The number of aromatic nitrogens is 2. The van der Waals surface area contributed by atoms with E-state index in [9.17, 15) is 4.39 Å². The normalized spacial score (nSPS) is 12.3. The third kappa shape index (κ3) is 2.81. The van der Waals surface area contributed by atoms with Crippen molar-refractivity contribution in [3.05, 3.63) is 54.1 Å². The number of benzene rings is 2. The van der Waals surface area contributed by atoms with Gasteiger partial charge in [0.05, 0.1) is 18.1 Å². The van der Waals surface area contributed by atoms with Crippen LogP contribution < -0.4 is 9.47 Å². The highest BCUT2D eigenvalue weighted by molar-refractivity contribution is 5.75. The summed E-state index contributed by atoms with van der Waals surface area (Å²) in [5, 5.41) is 0. The van der Waals surface area contributed by atoms with Gasteiger partial charge in [-0.25, -0.2) is 9.37 Å². The third-order valence-corrected chi connectivity index (χ3v) is 3.22. The monoisotopic (exact) mass is 286 g/mol. The summed E-state index contributed by atoms with van der Waals surface area (Å²) in [4.78, 5) is 7.49. The number of imidazole rings is 1. The fourth-order valence-electron chi connectivity index (χ4n) is 2.11. The van der Waals surface area contributed by atoms with Crippen molar-refractivity contribution in [1.29, 1.82) is 0 Å². The maximum atomic E-state index is 13.2. The molecule has 0 radical (unpaired) electrons. The van der Waals surface area contributed by atoms with Crippen LogP contribution in [0.2, 0.25) is 0 Å². The summed E-state index contributed by atoms with van der Waals surface area (Å²) >= 11 is 0. The van der Waals surface area contributed by atoms with E-state index < -0.39 is 0 Å². The van der Waals surface area contributed by atoms with Crippen molar-refractivity contribution >= 4 is 11.0 Å². The molecule has 0 bridgehead atoms. The van der Waals surface area contributed by atoms with E-state index in [0.29, 0.717) is 11.3 Å². The molecular weight excluding hydrogens is 271 g/mol. The second-order valence-electron chi connectivity index (χ2n) is 4.72. The number of aromatic amines is 1. The molecule has 1 atom stereocenters. The summed E-state index contributed by atoms with van der Waals surface area (Å²) < 4.78 is 24.1. The van der Waals surface area contributed by atoms with Gasteiger partial charge in [0.15, 0.2) is 6.10 Å². The molecule has 1 N–H and O–H groups in total. The van der Waals surface area contributed by atoms with E-state index in [1.54, 1.807) is 13.2 Å². The maximum absolute atomic E-state index is 13.2. The van der Waals surface area contributed by atoms with Crippen LogP contribution in [0.5, 0.6) is 11.5 Å². The Morgan fingerprint density at radius 1 is 1.10 bits per heavy atom. The minimum atomic E-state index is -0.290. The van der Waals surface area contributed by atoms with Gasteiger partial charge in [-0.3, -0.25) is 0 Å². The van der Waals surface area contributed by atoms with E-state index in [1.165, 1.54) is 12.1 Å². The van der Waals surface area contributed by atoms with E-state index >= 15 is 0 Å². The molecule has 2 aromatic carbocycles. The lowest BCUT2D eigenvalue weighted by molar-refractivity contribution is 0.217. The largest absolute Gasteiger partial charge is 0.497 e. The van der Waals surface area contributed by atoms with E-state index in [4.69, 9.17) is 9.47 Å². The summed E-state index contributed by atoms with van der Waals surface area (Å²) in [6.07, 6.45) is -0.270. The zero-order chi connectivity index (χ0) is 14.8. The van der Waals surface area contributed by atoms with Gasteiger partial charge in [-0.2, -0.15) is 0 Å². The van der Waals surface area contributed by atoms with Gasteiger partial charge in [0.2, 0.25) is 0 Å². The smallest absolute Gasteiger partial charge is 0.153 e. The van der Waals surface area contributed by atoms with Crippen LogP contribution in [-0.2, 0) is 0 Å². The standard InChI is InChI=1S/C16H15FN2O2/c1-10(21-13-6-4-12(20-2)5-7-13)16-18-14-8-3-11(17)9-15(14)19-16/h3-10H,1-2H3,(H,18,19)/t10-/m0/s1. The highest BCUT2D eigenvalue weighted by Gasteiger charge is 2.13. The molecule has 1 heterocycles. The van der Waals surface area contributed by atoms with Crippen LogP contribution in [0.1, 0.15) is 18.9 Å². The Kier molecular flexibility index (Phi) is 3.48. The van der Waals surface area contributed by atoms with E-state index in [2.05, 4.69) is 9.97 Å². The molecule has 0 aliphatic rings. The first-order valence-electron chi connectivity index (χ1n) is 6.61. The Morgan fingerprint density at radius 3 is 2.52 bits per heavy atom. The molecule has 0 aliphatic carbocycles. The lowest BCUT2D eigenvalue weighted by Gasteiger charge is -2.12. The SMILES string of the molecule is COc1ccc(O[C@@H](C)c2nc3ccc(F)cc3[nH]2)cc1. The van der Waals surface area contributed by atoms with Gasteiger partial charge in [-0.05, 0) is 49.4 Å². The van der Waals surface area contributed by atoms with Crippen LogP contribution in [0.15, 0.2) is 42.5 Å². The zero-order valence-corrected chi connectivity index (χ0v) is 11.8. The predicted molar refractivity (Wildman–Crippen MR) is 78.1 cm³/mol. The third-order valence-electron chi connectivity index (χ3n) is 3.22. The zero-order valence-electron chi connectivity index (χ0n) is 11.8. The molecule has 5 heteroatoms. The number of ether oxygens (including phenoxy) is 2. The van der Waals surface area contributed by atoms with Crippen molar-refractivity contribution in [1.82, 2.24) is 9.97 Å². The molecule has 0 amide bonds. The van der Waals surface area contributed by atoms with Gasteiger partial charge < -0.3 is 14.5 Å². The van der Waals surface area contributed by atoms with Crippen LogP contribution >= 0.6 is 0 Å². The lowest BCUT2D eigenvalue weighted by atomic mass is 10.3. The molecular formula is C16H15FN2O2. The van der Waals surface area contributed by atoms with Gasteiger partial charge in [0, 0.05) is 0 Å². The predicted octanol–water partition coefficient (Wildman–Crippen LogP) is 3.85. The topological polar surface area (TPSA) is 47.1 Å². The molecule has 0 saturated heterocycles. The summed E-state index contributed by atoms with van der Waals surface area (Å²) in [5.74, 6) is 1.86. The quantitative estimate of drug-likeness (QED) is 0.792. The van der Waals surface area contributed by atoms with Crippen molar-refractivity contribution in [2.45, 2.75) is 13.0 Å². The lowest BCUT2D eigenvalue weighted by Crippen LogP contribution is -2.04. The number of fused-ring (bicyclic) bond motifs is 1. The molecule has 0 spiro atoms. The van der Waals surface area contributed by atoms with Crippen LogP contribution in [0.3, 0.4) is 0 Å².